The number of halogens is 3. The van der Waals surface area contributed by atoms with Gasteiger partial charge in [0.2, 0.25) is 0 Å². The van der Waals surface area contributed by atoms with E-state index in [-0.39, 0.29) is 16.4 Å². The van der Waals surface area contributed by atoms with Crippen LogP contribution in [-0.4, -0.2) is 23.7 Å². The molecule has 3 N–H and O–H groups in total. The number of anilines is 1. The zero-order valence-electron chi connectivity index (χ0n) is 18.8. The zero-order chi connectivity index (χ0) is 23.9. The molecule has 0 radical (unpaired) electrons. The van der Waals surface area contributed by atoms with Crippen LogP contribution in [0.5, 0.6) is 11.5 Å². The van der Waals surface area contributed by atoms with Gasteiger partial charge in [-0.2, -0.15) is 0 Å². The van der Waals surface area contributed by atoms with Crippen molar-refractivity contribution in [3.63, 3.8) is 0 Å². The first-order chi connectivity index (χ1) is 16.3. The molecule has 5 rings (SSSR count). The molecule has 8 heteroatoms. The molecule has 3 aromatic rings. The first-order valence-electron chi connectivity index (χ1n) is 11.4. The van der Waals surface area contributed by atoms with Gasteiger partial charge in [-0.05, 0) is 80.6 Å². The molecule has 1 aromatic heterocycles. The minimum atomic E-state index is -0.632. The maximum atomic E-state index is 14.0. The molecule has 5 nitrogen and oxygen atoms in total. The highest BCUT2D eigenvalue weighted by Gasteiger charge is 2.37. The number of rotatable bonds is 4. The van der Waals surface area contributed by atoms with Gasteiger partial charge >= 0.3 is 0 Å². The number of hydrogen-bond donors (Lipinski definition) is 2. The summed E-state index contributed by atoms with van der Waals surface area (Å²) in [6, 6.07) is 10.7. The molecular formula is C26H26Cl2FN3O2. The minimum Gasteiger partial charge on any atom is -0.486 e. The maximum absolute atomic E-state index is 14.0. The van der Waals surface area contributed by atoms with Crippen molar-refractivity contribution in [2.75, 3.05) is 18.8 Å². The van der Waals surface area contributed by atoms with E-state index < -0.39 is 11.9 Å². The van der Waals surface area contributed by atoms with Crippen LogP contribution in [0.1, 0.15) is 43.4 Å². The van der Waals surface area contributed by atoms with Crippen molar-refractivity contribution < 1.29 is 13.9 Å². The fraction of sp³-hybridized carbons (Fsp3) is 0.346. The molecule has 1 unspecified atom stereocenters. The Hall–Kier alpha value is -2.54. The van der Waals surface area contributed by atoms with Gasteiger partial charge in [-0.25, -0.2) is 9.37 Å². The van der Waals surface area contributed by atoms with Gasteiger partial charge in [0.15, 0.2) is 11.6 Å². The van der Waals surface area contributed by atoms with Crippen LogP contribution in [0.25, 0.3) is 11.1 Å². The van der Waals surface area contributed by atoms with Gasteiger partial charge in [0.25, 0.3) is 0 Å². The number of ether oxygens (including phenoxy) is 2. The van der Waals surface area contributed by atoms with Crippen molar-refractivity contribution in [2.45, 2.75) is 44.3 Å². The van der Waals surface area contributed by atoms with E-state index in [1.165, 1.54) is 17.7 Å². The number of hydrogen-bond acceptors (Lipinski definition) is 5. The zero-order valence-corrected chi connectivity index (χ0v) is 20.3. The maximum Gasteiger partial charge on any atom is 0.166 e. The Morgan fingerprint density at radius 1 is 1.18 bits per heavy atom. The average Bonchev–Trinajstić information content (AvgIpc) is 2.83. The summed E-state index contributed by atoms with van der Waals surface area (Å²) in [5.74, 6) is 0.996. The highest BCUT2D eigenvalue weighted by molar-refractivity contribution is 6.36. The van der Waals surface area contributed by atoms with E-state index in [9.17, 15) is 4.39 Å². The Labute approximate surface area is 208 Å². The summed E-state index contributed by atoms with van der Waals surface area (Å²) < 4.78 is 26.5. The normalized spacial score (nSPS) is 20.5. The highest BCUT2D eigenvalue weighted by atomic mass is 35.5. The van der Waals surface area contributed by atoms with Crippen molar-refractivity contribution in [3.05, 3.63) is 69.6 Å². The average molecular weight is 502 g/mol. The molecule has 0 amide bonds. The van der Waals surface area contributed by atoms with Crippen molar-refractivity contribution >= 4 is 29.0 Å². The lowest BCUT2D eigenvalue weighted by Gasteiger charge is -2.41. The highest BCUT2D eigenvalue weighted by Crippen LogP contribution is 2.40. The fourth-order valence-electron chi connectivity index (χ4n) is 4.81. The molecule has 1 fully saturated rings. The molecule has 2 atom stereocenters. The molecule has 1 saturated heterocycles. The molecule has 1 spiro atoms. The summed E-state index contributed by atoms with van der Waals surface area (Å²) in [6.45, 7) is 3.70. The summed E-state index contributed by atoms with van der Waals surface area (Å²) >= 11 is 12.4. The smallest absolute Gasteiger partial charge is 0.166 e. The second kappa shape index (κ2) is 9.25. The van der Waals surface area contributed by atoms with Crippen LogP contribution < -0.4 is 20.5 Å². The lowest BCUT2D eigenvalue weighted by molar-refractivity contribution is 0.0229. The lowest BCUT2D eigenvalue weighted by atomic mass is 9.84. The second-order valence-corrected chi connectivity index (χ2v) is 9.80. The molecule has 2 aliphatic heterocycles. The Morgan fingerprint density at radius 3 is 2.82 bits per heavy atom. The molecule has 0 saturated carbocycles. The van der Waals surface area contributed by atoms with Crippen LogP contribution in [0.3, 0.4) is 0 Å². The van der Waals surface area contributed by atoms with Gasteiger partial charge in [0.1, 0.15) is 23.3 Å². The van der Waals surface area contributed by atoms with Gasteiger partial charge in [-0.15, -0.1) is 0 Å². The number of aromatic nitrogens is 1. The molecule has 0 aliphatic carbocycles. The molecule has 34 heavy (non-hydrogen) atoms. The third-order valence-corrected chi connectivity index (χ3v) is 7.39. The Kier molecular flexibility index (Phi) is 6.32. The van der Waals surface area contributed by atoms with Crippen molar-refractivity contribution in [1.29, 1.82) is 0 Å². The van der Waals surface area contributed by atoms with E-state index >= 15 is 0 Å². The predicted octanol–water partition coefficient (Wildman–Crippen LogP) is 6.36. The third-order valence-electron chi connectivity index (χ3n) is 6.67. The van der Waals surface area contributed by atoms with Gasteiger partial charge < -0.3 is 20.5 Å². The van der Waals surface area contributed by atoms with E-state index in [1.54, 1.807) is 13.1 Å². The summed E-state index contributed by atoms with van der Waals surface area (Å²) in [5, 5.41) is 3.72. The largest absolute Gasteiger partial charge is 0.486 e. The predicted molar refractivity (Wildman–Crippen MR) is 133 cm³/mol. The number of nitrogens with one attached hydrogen (secondary N) is 1. The molecule has 3 heterocycles. The summed E-state index contributed by atoms with van der Waals surface area (Å²) in [6.07, 6.45) is 5.26. The van der Waals surface area contributed by atoms with Crippen LogP contribution >= 0.6 is 23.2 Å². The lowest BCUT2D eigenvalue weighted by Crippen LogP contribution is -2.51. The van der Waals surface area contributed by atoms with E-state index in [1.807, 2.05) is 18.2 Å². The van der Waals surface area contributed by atoms with E-state index in [0.29, 0.717) is 16.3 Å². The third kappa shape index (κ3) is 4.42. The standard InChI is InChI=1S/C26H26Cl2FN3O2/c1-15(23-19(27)4-5-20(29)24(23)28)33-22-12-18(13-32-25(22)30)16-3-6-21-17(11-16)7-9-26(34-21)8-2-10-31-14-26/h3-6,11-13,15,31H,2,7-10,14H2,1H3,(H2,30,32)/t15-,26?/m1/s1. The SMILES string of the molecule is C[C@@H](Oc1cc(-c2ccc3c(c2)CCC2(CCCNC2)O3)cnc1N)c1c(Cl)ccc(F)c1Cl. The number of pyridine rings is 1. The molecule has 178 valence electrons. The number of nitrogens with zero attached hydrogens (tertiary/aromatic N) is 1. The molecule has 2 aromatic carbocycles. The van der Waals surface area contributed by atoms with Crippen molar-refractivity contribution in [2.24, 2.45) is 0 Å². The van der Waals surface area contributed by atoms with Crippen LogP contribution in [0.4, 0.5) is 10.2 Å². The van der Waals surface area contributed by atoms with Crippen LogP contribution in [0.15, 0.2) is 42.6 Å². The second-order valence-electron chi connectivity index (χ2n) is 9.01. The van der Waals surface area contributed by atoms with Crippen LogP contribution in [0, 0.1) is 5.82 Å². The number of piperidine rings is 1. The Balaban J connectivity index is 1.40. The fourth-order valence-corrected chi connectivity index (χ4v) is 5.49. The first-order valence-corrected chi connectivity index (χ1v) is 12.2. The van der Waals surface area contributed by atoms with Crippen molar-refractivity contribution in [1.82, 2.24) is 10.3 Å². The van der Waals surface area contributed by atoms with Gasteiger partial charge in [-0.1, -0.05) is 29.3 Å². The summed E-state index contributed by atoms with van der Waals surface area (Å²) in [5.41, 5.74) is 9.39. The van der Waals surface area contributed by atoms with Gasteiger partial charge in [-0.3, -0.25) is 0 Å². The van der Waals surface area contributed by atoms with Gasteiger partial charge in [0, 0.05) is 28.9 Å². The number of aryl methyl sites for hydroxylation is 1. The molecular weight excluding hydrogens is 476 g/mol. The summed E-state index contributed by atoms with van der Waals surface area (Å²) in [7, 11) is 0. The van der Waals surface area contributed by atoms with Crippen molar-refractivity contribution in [3.8, 4) is 22.6 Å². The Bertz CT molecular complexity index is 1230. The number of nitrogens with two attached hydrogens (primary N) is 1. The molecule has 0 bridgehead atoms. The van der Waals surface area contributed by atoms with Crippen LogP contribution in [0.2, 0.25) is 10.0 Å². The van der Waals surface area contributed by atoms with Gasteiger partial charge in [0.05, 0.1) is 5.02 Å². The number of fused-ring (bicyclic) bond motifs is 1. The first kappa shape index (κ1) is 23.2. The van der Waals surface area contributed by atoms with Crippen LogP contribution in [-0.2, 0) is 6.42 Å². The minimum absolute atomic E-state index is 0.0664. The topological polar surface area (TPSA) is 69.4 Å². The van der Waals surface area contributed by atoms with E-state index in [4.69, 9.17) is 38.4 Å². The van der Waals surface area contributed by atoms with E-state index in [0.717, 1.165) is 55.6 Å². The number of nitrogen functional groups attached to an aromatic ring is 1. The summed E-state index contributed by atoms with van der Waals surface area (Å²) in [4.78, 5) is 4.32. The molecule has 2 aliphatic rings. The monoisotopic (exact) mass is 501 g/mol. The number of benzene rings is 2. The Morgan fingerprint density at radius 2 is 2.03 bits per heavy atom. The van der Waals surface area contributed by atoms with E-state index in [2.05, 4.69) is 16.4 Å². The quantitative estimate of drug-likeness (QED) is 0.406.